The molecule has 0 fully saturated rings. The van der Waals surface area contributed by atoms with Crippen LogP contribution in [0.2, 0.25) is 0 Å². The largest absolute Gasteiger partial charge is 0.481 e. The molecule has 0 bridgehead atoms. The number of halogens is 1. The van der Waals surface area contributed by atoms with Gasteiger partial charge < -0.3 is 10.0 Å². The van der Waals surface area contributed by atoms with Gasteiger partial charge in [0.2, 0.25) is 0 Å². The minimum absolute atomic E-state index is 0. The lowest BCUT2D eigenvalue weighted by Gasteiger charge is -2.16. The number of carbonyl (C=O) groups is 2. The maximum Gasteiger partial charge on any atom is 0.309 e. The number of hydrogen-bond donors (Lipinski definition) is 1. The number of anilines is 1. The quantitative estimate of drug-likeness (QED) is 0.817. The molecule has 1 aromatic carbocycles. The molecule has 7 heteroatoms. The van der Waals surface area contributed by atoms with Gasteiger partial charge in [0.25, 0.3) is 5.91 Å². The Labute approximate surface area is 138 Å². The maximum atomic E-state index is 12.3. The van der Waals surface area contributed by atoms with E-state index in [9.17, 15) is 9.59 Å². The number of aryl methyl sites for hydroxylation is 1. The third-order valence-corrected chi connectivity index (χ3v) is 3.02. The molecule has 0 saturated carbocycles. The topological polar surface area (TPSA) is 74.4 Å². The molecule has 0 unspecified atom stereocenters. The van der Waals surface area contributed by atoms with Crippen molar-refractivity contribution in [2.45, 2.75) is 13.0 Å². The Kier molecular flexibility index (Phi) is 6.65. The van der Waals surface area contributed by atoms with Gasteiger partial charge in [0.1, 0.15) is 12.6 Å². The van der Waals surface area contributed by atoms with Crippen LogP contribution >= 0.6 is 17.0 Å². The van der Waals surface area contributed by atoms with Crippen LogP contribution in [0.25, 0.3) is 0 Å². The number of amides is 1. The average Bonchev–Trinajstić information content (AvgIpc) is 2.53. The van der Waals surface area contributed by atoms with Crippen LogP contribution in [0.4, 0.5) is 5.69 Å². The first-order valence-electron chi connectivity index (χ1n) is 6.48. The van der Waals surface area contributed by atoms with Gasteiger partial charge in [-0.25, -0.2) is 0 Å². The summed E-state index contributed by atoms with van der Waals surface area (Å²) in [7, 11) is 1.70. The molecule has 22 heavy (non-hydrogen) atoms. The molecule has 0 aliphatic carbocycles. The molecule has 0 saturated heterocycles. The Morgan fingerprint density at radius 2 is 1.91 bits per heavy atom. The summed E-state index contributed by atoms with van der Waals surface area (Å²) in [4.78, 5) is 24.3. The molecular formula is C15H17BrN3O3+. The molecular weight excluding hydrogens is 350 g/mol. The van der Waals surface area contributed by atoms with Gasteiger partial charge in [0.15, 0.2) is 12.7 Å². The zero-order valence-corrected chi connectivity index (χ0v) is 13.8. The molecule has 0 atom stereocenters. The molecule has 0 aliphatic rings. The number of nitrogens with zero attached hydrogens (tertiary/aromatic N) is 3. The number of aliphatic carboxylic acids is 1. The van der Waals surface area contributed by atoms with E-state index in [0.717, 1.165) is 5.69 Å². The molecule has 0 aliphatic heterocycles. The second-order valence-electron chi connectivity index (χ2n) is 4.52. The van der Waals surface area contributed by atoms with Crippen molar-refractivity contribution in [3.63, 3.8) is 0 Å². The van der Waals surface area contributed by atoms with Gasteiger partial charge >= 0.3 is 5.97 Å². The van der Waals surface area contributed by atoms with Crippen LogP contribution in [0.15, 0.2) is 48.8 Å². The van der Waals surface area contributed by atoms with E-state index in [4.69, 9.17) is 5.11 Å². The fourth-order valence-electron chi connectivity index (χ4n) is 1.82. The summed E-state index contributed by atoms with van der Waals surface area (Å²) in [6.45, 7) is 0.276. The molecule has 1 N–H and O–H groups in total. The minimum atomic E-state index is -0.881. The Balaban J connectivity index is 0.00000242. The van der Waals surface area contributed by atoms with E-state index in [0.29, 0.717) is 5.56 Å². The lowest BCUT2D eigenvalue weighted by atomic mass is 10.2. The van der Waals surface area contributed by atoms with Crippen LogP contribution < -0.4 is 9.58 Å². The van der Waals surface area contributed by atoms with Crippen LogP contribution in [0.5, 0.6) is 0 Å². The highest BCUT2D eigenvalue weighted by atomic mass is 79.9. The van der Waals surface area contributed by atoms with Crippen LogP contribution in [-0.4, -0.2) is 29.1 Å². The predicted octanol–water partition coefficient (Wildman–Crippen LogP) is 1.70. The molecule has 116 valence electrons. The highest BCUT2D eigenvalue weighted by molar-refractivity contribution is 8.93. The van der Waals surface area contributed by atoms with E-state index in [2.05, 4.69) is 5.10 Å². The van der Waals surface area contributed by atoms with Crippen molar-refractivity contribution >= 4 is 34.5 Å². The van der Waals surface area contributed by atoms with Crippen LogP contribution in [0, 0.1) is 0 Å². The van der Waals surface area contributed by atoms with E-state index >= 15 is 0 Å². The summed E-state index contributed by atoms with van der Waals surface area (Å²) >= 11 is 0. The first-order valence-corrected chi connectivity index (χ1v) is 6.48. The molecule has 2 rings (SSSR count). The van der Waals surface area contributed by atoms with Crippen molar-refractivity contribution in [1.82, 2.24) is 5.10 Å². The summed E-state index contributed by atoms with van der Waals surface area (Å²) in [5.74, 6) is -1.05. The first-order chi connectivity index (χ1) is 10.1. The summed E-state index contributed by atoms with van der Waals surface area (Å²) < 4.78 is 1.49. The highest BCUT2D eigenvalue weighted by Crippen LogP contribution is 2.13. The van der Waals surface area contributed by atoms with Gasteiger partial charge in [-0.15, -0.1) is 17.0 Å². The SMILES string of the molecule is Br.CN(C(=O)c1cc[n+](CCC(=O)O)nc1)c1ccccc1. The Hall–Kier alpha value is -2.28. The lowest BCUT2D eigenvalue weighted by Crippen LogP contribution is -2.39. The van der Waals surface area contributed by atoms with Gasteiger partial charge in [-0.2, -0.15) is 0 Å². The van der Waals surface area contributed by atoms with E-state index in [1.807, 2.05) is 30.3 Å². The summed E-state index contributed by atoms with van der Waals surface area (Å²) in [6.07, 6.45) is 3.05. The van der Waals surface area contributed by atoms with Gasteiger partial charge in [-0.3, -0.25) is 9.59 Å². The Bertz CT molecular complexity index is 632. The third-order valence-electron chi connectivity index (χ3n) is 3.02. The van der Waals surface area contributed by atoms with Crippen molar-refractivity contribution in [2.24, 2.45) is 0 Å². The second-order valence-corrected chi connectivity index (χ2v) is 4.52. The van der Waals surface area contributed by atoms with Crippen molar-refractivity contribution < 1.29 is 19.4 Å². The average molecular weight is 367 g/mol. The van der Waals surface area contributed by atoms with Gasteiger partial charge in [0, 0.05) is 18.8 Å². The number of carboxylic acids is 1. The standard InChI is InChI=1S/C15H15N3O3.BrH/c1-17(13-5-3-2-4-6-13)15(21)12-7-9-18(16-11-12)10-8-14(19)20;/h2-7,9,11H,8,10H2,1H3;1H/p+1. The zero-order chi connectivity index (χ0) is 15.2. The monoisotopic (exact) mass is 366 g/mol. The molecule has 1 heterocycles. The van der Waals surface area contributed by atoms with Crippen LogP contribution in [0.3, 0.4) is 0 Å². The Morgan fingerprint density at radius 3 is 2.45 bits per heavy atom. The number of carbonyl (C=O) groups excluding carboxylic acids is 1. The second kappa shape index (κ2) is 8.23. The number of hydrogen-bond acceptors (Lipinski definition) is 3. The summed E-state index contributed by atoms with van der Waals surface area (Å²) in [6, 6.07) is 10.9. The smallest absolute Gasteiger partial charge is 0.309 e. The van der Waals surface area contributed by atoms with Gasteiger partial charge in [0.05, 0.1) is 5.56 Å². The summed E-state index contributed by atoms with van der Waals surface area (Å²) in [5.41, 5.74) is 1.25. The summed E-state index contributed by atoms with van der Waals surface area (Å²) in [5, 5.41) is 12.7. The number of rotatable bonds is 5. The van der Waals surface area contributed by atoms with Crippen LogP contribution in [0.1, 0.15) is 16.8 Å². The minimum Gasteiger partial charge on any atom is -0.481 e. The molecule has 6 nitrogen and oxygen atoms in total. The number of para-hydroxylation sites is 1. The third kappa shape index (κ3) is 4.63. The van der Waals surface area contributed by atoms with Gasteiger partial charge in [-0.1, -0.05) is 22.9 Å². The maximum absolute atomic E-state index is 12.3. The predicted molar refractivity (Wildman–Crippen MR) is 86.2 cm³/mol. The van der Waals surface area contributed by atoms with E-state index in [-0.39, 0.29) is 35.9 Å². The fourth-order valence-corrected chi connectivity index (χ4v) is 1.82. The molecule has 0 radical (unpaired) electrons. The highest BCUT2D eigenvalue weighted by Gasteiger charge is 2.15. The lowest BCUT2D eigenvalue weighted by molar-refractivity contribution is -0.753. The van der Waals surface area contributed by atoms with E-state index in [1.54, 1.807) is 24.2 Å². The van der Waals surface area contributed by atoms with Crippen LogP contribution in [-0.2, 0) is 11.3 Å². The normalized spacial score (nSPS) is 9.68. The van der Waals surface area contributed by atoms with Crippen molar-refractivity contribution in [3.8, 4) is 0 Å². The van der Waals surface area contributed by atoms with Crippen molar-refractivity contribution in [2.75, 3.05) is 11.9 Å². The Morgan fingerprint density at radius 1 is 1.23 bits per heavy atom. The fraction of sp³-hybridized carbons (Fsp3) is 0.200. The van der Waals surface area contributed by atoms with Crippen molar-refractivity contribution in [3.05, 3.63) is 54.4 Å². The van der Waals surface area contributed by atoms with Gasteiger partial charge in [-0.05, 0) is 17.2 Å². The molecule has 2 aromatic rings. The molecule has 1 aromatic heterocycles. The molecule has 0 spiro atoms. The first kappa shape index (κ1) is 17.8. The molecule has 1 amide bonds. The van der Waals surface area contributed by atoms with E-state index < -0.39 is 5.97 Å². The number of carboxylic acid groups (broad SMARTS) is 1. The van der Waals surface area contributed by atoms with Crippen molar-refractivity contribution in [1.29, 1.82) is 0 Å². The number of aromatic nitrogens is 2. The van der Waals surface area contributed by atoms with E-state index in [1.165, 1.54) is 10.9 Å². The number of benzene rings is 1. The zero-order valence-electron chi connectivity index (χ0n) is 12.0.